The fraction of sp³-hybridized carbons (Fsp3) is 0.333. The largest absolute Gasteiger partial charge is 0.477 e. The van der Waals surface area contributed by atoms with Crippen molar-refractivity contribution in [2.75, 3.05) is 63.0 Å². The lowest BCUT2D eigenvalue weighted by atomic mass is 10.1. The minimum Gasteiger partial charge on any atom is -0.477 e. The molecule has 0 spiro atoms. The van der Waals surface area contributed by atoms with E-state index in [-0.39, 0.29) is 23.4 Å². The molecule has 2 aliphatic rings. The van der Waals surface area contributed by atoms with Crippen LogP contribution in [-0.2, 0) is 9.59 Å². The number of aromatic nitrogens is 2. The summed E-state index contributed by atoms with van der Waals surface area (Å²) >= 11 is 0. The first kappa shape index (κ1) is 42.0. The number of aryl methyl sites for hydroxylation is 2. The maximum atomic E-state index is 12.4. The summed E-state index contributed by atoms with van der Waals surface area (Å²) in [5, 5.41) is 17.5. The van der Waals surface area contributed by atoms with Gasteiger partial charge in [0.15, 0.2) is 0 Å². The van der Waals surface area contributed by atoms with Crippen LogP contribution in [0.3, 0.4) is 0 Å². The molecule has 2 aromatic heterocycles. The Morgan fingerprint density at radius 3 is 1.56 bits per heavy atom. The van der Waals surface area contributed by atoms with Gasteiger partial charge in [-0.2, -0.15) is 0 Å². The van der Waals surface area contributed by atoms with Crippen molar-refractivity contribution in [2.45, 2.75) is 41.5 Å². The first-order valence-electron chi connectivity index (χ1n) is 18.7. The zero-order valence-electron chi connectivity index (χ0n) is 32.6. The fourth-order valence-corrected chi connectivity index (χ4v) is 6.22. The molecule has 0 saturated carbocycles. The third-order valence-corrected chi connectivity index (χ3v) is 9.53. The van der Waals surface area contributed by atoms with Gasteiger partial charge in [-0.3, -0.25) is 14.4 Å². The van der Waals surface area contributed by atoms with E-state index >= 15 is 0 Å². The van der Waals surface area contributed by atoms with Gasteiger partial charge in [-0.1, -0.05) is 64.1 Å². The summed E-state index contributed by atoms with van der Waals surface area (Å²) in [6, 6.07) is 18.4. The second-order valence-corrected chi connectivity index (χ2v) is 13.1. The number of likely N-dealkylation sites (N-methyl/N-ethyl adjacent to an activating group) is 2. The third kappa shape index (κ3) is 10.9. The summed E-state index contributed by atoms with van der Waals surface area (Å²) < 4.78 is 0. The number of aromatic amines is 2. The zero-order chi connectivity index (χ0) is 40.1. The number of carboxylic acid groups (broad SMARTS) is 1. The number of aromatic carboxylic acids is 1. The van der Waals surface area contributed by atoms with E-state index in [2.05, 4.69) is 63.4 Å². The first-order chi connectivity index (χ1) is 26.4. The molecule has 55 heavy (non-hydrogen) atoms. The summed E-state index contributed by atoms with van der Waals surface area (Å²) in [5.74, 6) is -1.47. The van der Waals surface area contributed by atoms with Gasteiger partial charge in [0.05, 0.1) is 11.1 Å². The Morgan fingerprint density at radius 1 is 0.709 bits per heavy atom. The highest BCUT2D eigenvalue weighted by Crippen LogP contribution is 2.34. The first-order valence-corrected chi connectivity index (χ1v) is 18.7. The van der Waals surface area contributed by atoms with Crippen molar-refractivity contribution in [3.63, 3.8) is 0 Å². The lowest BCUT2D eigenvalue weighted by molar-refractivity contribution is -0.111. The smallest absolute Gasteiger partial charge is 0.352 e. The molecule has 292 valence electrons. The minimum absolute atomic E-state index is 0.112. The summed E-state index contributed by atoms with van der Waals surface area (Å²) in [6.45, 7) is 19.7. The van der Waals surface area contributed by atoms with Gasteiger partial charge in [0.1, 0.15) is 11.4 Å². The van der Waals surface area contributed by atoms with E-state index < -0.39 is 5.97 Å². The van der Waals surface area contributed by atoms with Crippen molar-refractivity contribution in [1.29, 1.82) is 0 Å². The van der Waals surface area contributed by atoms with Crippen LogP contribution in [0, 0.1) is 13.8 Å². The highest BCUT2D eigenvalue weighted by Gasteiger charge is 2.25. The number of carboxylic acids is 1. The van der Waals surface area contributed by atoms with Gasteiger partial charge in [0, 0.05) is 60.1 Å². The maximum Gasteiger partial charge on any atom is 0.352 e. The Bertz CT molecular complexity index is 2030. The number of anilines is 2. The van der Waals surface area contributed by atoms with Gasteiger partial charge in [-0.05, 0) is 87.6 Å². The number of carbonyl (C=O) groups is 4. The van der Waals surface area contributed by atoms with Gasteiger partial charge in [0.2, 0.25) is 0 Å². The number of carbonyl (C=O) groups excluding carboxylic acids is 3. The Labute approximate surface area is 323 Å². The van der Waals surface area contributed by atoms with Gasteiger partial charge in [-0.15, -0.1) is 0 Å². The molecule has 2 aliphatic heterocycles. The molecular formula is C42H54N8O5. The number of para-hydroxylation sites is 2. The van der Waals surface area contributed by atoms with Crippen molar-refractivity contribution in [1.82, 2.24) is 25.1 Å². The van der Waals surface area contributed by atoms with Crippen molar-refractivity contribution in [3.8, 4) is 0 Å². The molecule has 13 heteroatoms. The highest BCUT2D eigenvalue weighted by atomic mass is 16.4. The predicted octanol–water partition coefficient (Wildman–Crippen LogP) is 5.69. The van der Waals surface area contributed by atoms with Crippen LogP contribution in [0.2, 0.25) is 0 Å². The highest BCUT2D eigenvalue weighted by molar-refractivity contribution is 6.35. The Kier molecular flexibility index (Phi) is 15.3. The van der Waals surface area contributed by atoms with Crippen molar-refractivity contribution >= 4 is 58.4 Å². The Hall–Kier alpha value is -5.76. The fourth-order valence-electron chi connectivity index (χ4n) is 6.22. The van der Waals surface area contributed by atoms with Crippen LogP contribution >= 0.6 is 0 Å². The minimum atomic E-state index is -1.02. The molecule has 0 saturated heterocycles. The molecule has 0 unspecified atom stereocenters. The van der Waals surface area contributed by atoms with Crippen LogP contribution in [0.25, 0.3) is 23.3 Å². The van der Waals surface area contributed by atoms with Crippen LogP contribution in [0.1, 0.15) is 82.3 Å². The van der Waals surface area contributed by atoms with Gasteiger partial charge in [0.25, 0.3) is 17.7 Å². The predicted molar refractivity (Wildman–Crippen MR) is 221 cm³/mol. The Morgan fingerprint density at radius 2 is 1.15 bits per heavy atom. The SMILES string of the molecule is CCN(CC)CCN.CCN(CC)CCNC(=O)c1cc(C)c(/C=C2\C(=O)Nc3ccccc32)[nH]1.Cc1cc(C(=O)O)[nH]c1/C=C1\C(=O)Nc2ccccc21. The molecule has 0 aliphatic carbocycles. The Balaban J connectivity index is 0.000000210. The van der Waals surface area contributed by atoms with Crippen molar-refractivity contribution < 1.29 is 24.3 Å². The quantitative estimate of drug-likeness (QED) is 0.0849. The van der Waals surface area contributed by atoms with Crippen LogP contribution in [-0.4, -0.2) is 101 Å². The van der Waals surface area contributed by atoms with Gasteiger partial charge in [-0.25, -0.2) is 4.79 Å². The van der Waals surface area contributed by atoms with E-state index in [1.807, 2.05) is 67.6 Å². The summed E-state index contributed by atoms with van der Waals surface area (Å²) in [7, 11) is 0. The van der Waals surface area contributed by atoms with E-state index in [0.29, 0.717) is 29.1 Å². The topological polar surface area (TPSA) is 189 Å². The molecule has 4 aromatic rings. The number of nitrogens with two attached hydrogens (primary N) is 1. The van der Waals surface area contributed by atoms with Crippen molar-refractivity contribution in [2.24, 2.45) is 5.73 Å². The lowest BCUT2D eigenvalue weighted by Crippen LogP contribution is -2.34. The molecule has 3 amide bonds. The summed E-state index contributed by atoms with van der Waals surface area (Å²) in [4.78, 5) is 58.1. The number of nitrogens with one attached hydrogen (secondary N) is 5. The number of nitrogens with zero attached hydrogens (tertiary/aromatic N) is 2. The second kappa shape index (κ2) is 20.1. The number of amides is 3. The average Bonchev–Trinajstić information content (AvgIpc) is 3.92. The van der Waals surface area contributed by atoms with E-state index in [1.165, 1.54) is 0 Å². The van der Waals surface area contributed by atoms with E-state index in [9.17, 15) is 19.2 Å². The number of H-pyrrole nitrogens is 2. The van der Waals surface area contributed by atoms with Crippen LogP contribution in [0.15, 0.2) is 60.7 Å². The molecular weight excluding hydrogens is 697 g/mol. The standard InChI is InChI=1S/C21H26N4O2.C15H12N2O3.C6H16N2/c1-4-25(5-2)11-10-22-21(27)19-12-14(3)18(23-19)13-16-15-8-6-7-9-17(15)24-20(16)26;1-8-6-13(15(19)20)16-12(8)7-10-9-4-2-3-5-11(9)17-14(10)18;1-3-8(4-2)6-5-7/h6-9,12-13,23H,4-5,10-11H2,1-3H3,(H,22,27)(H,24,26);2-7,16H,1H3,(H,17,18)(H,19,20);3-7H2,1-2H3/b16-13-;10-7-;. The average molecular weight is 751 g/mol. The van der Waals surface area contributed by atoms with Crippen LogP contribution < -0.4 is 21.7 Å². The molecule has 13 nitrogen and oxygen atoms in total. The summed E-state index contributed by atoms with van der Waals surface area (Å²) in [6.07, 6.45) is 3.49. The summed E-state index contributed by atoms with van der Waals surface area (Å²) in [5.41, 5.74) is 13.5. The molecule has 0 atom stereocenters. The maximum absolute atomic E-state index is 12.4. The van der Waals surface area contributed by atoms with Crippen molar-refractivity contribution in [3.05, 3.63) is 106 Å². The molecule has 2 aromatic carbocycles. The second-order valence-electron chi connectivity index (χ2n) is 13.1. The zero-order valence-corrected chi connectivity index (χ0v) is 32.6. The molecule has 6 rings (SSSR count). The molecule has 0 radical (unpaired) electrons. The third-order valence-electron chi connectivity index (χ3n) is 9.53. The molecule has 4 heterocycles. The number of fused-ring (bicyclic) bond motifs is 2. The molecule has 8 N–H and O–H groups in total. The molecule has 0 fully saturated rings. The van der Waals surface area contributed by atoms with E-state index in [4.69, 9.17) is 10.8 Å². The lowest BCUT2D eigenvalue weighted by Gasteiger charge is -2.17. The number of rotatable bonds is 13. The molecule has 0 bridgehead atoms. The number of benzene rings is 2. The number of hydrogen-bond donors (Lipinski definition) is 7. The van der Waals surface area contributed by atoms with Gasteiger partial charge < -0.3 is 46.6 Å². The van der Waals surface area contributed by atoms with E-state index in [1.54, 1.807) is 19.1 Å². The van der Waals surface area contributed by atoms with E-state index in [0.717, 1.165) is 85.1 Å². The van der Waals surface area contributed by atoms with Gasteiger partial charge >= 0.3 is 5.97 Å². The monoisotopic (exact) mass is 750 g/mol. The van der Waals surface area contributed by atoms with Crippen LogP contribution in [0.4, 0.5) is 11.4 Å². The van der Waals surface area contributed by atoms with Crippen LogP contribution in [0.5, 0.6) is 0 Å². The number of hydrogen-bond acceptors (Lipinski definition) is 7. The normalized spacial score (nSPS) is 14.2.